The minimum absolute atomic E-state index is 0.288. The third-order valence-corrected chi connectivity index (χ3v) is 6.02. The summed E-state index contributed by atoms with van der Waals surface area (Å²) in [5, 5.41) is 4.05. The Bertz CT molecular complexity index is 1330. The van der Waals surface area contributed by atoms with Crippen molar-refractivity contribution in [1.82, 2.24) is 19.4 Å². The molecule has 1 amide bonds. The summed E-state index contributed by atoms with van der Waals surface area (Å²) in [5.41, 5.74) is 8.40. The lowest BCUT2D eigenvalue weighted by Crippen LogP contribution is -2.48. The molecular formula is C25H25F2N7O. The highest BCUT2D eigenvalue weighted by atomic mass is 19.1. The second-order valence-corrected chi connectivity index (χ2v) is 8.60. The van der Waals surface area contributed by atoms with Crippen molar-refractivity contribution in [2.75, 3.05) is 42.9 Å². The maximum absolute atomic E-state index is 13.6. The first kappa shape index (κ1) is 22.7. The van der Waals surface area contributed by atoms with Crippen LogP contribution in [0.2, 0.25) is 0 Å². The molecule has 0 unspecified atom stereocenters. The highest BCUT2D eigenvalue weighted by Gasteiger charge is 2.18. The van der Waals surface area contributed by atoms with Gasteiger partial charge in [-0.1, -0.05) is 0 Å². The molecule has 0 bridgehead atoms. The summed E-state index contributed by atoms with van der Waals surface area (Å²) in [4.78, 5) is 24.4. The van der Waals surface area contributed by atoms with Gasteiger partial charge in [-0.25, -0.2) is 13.8 Å². The Kier molecular flexibility index (Phi) is 6.28. The molecule has 10 heteroatoms. The molecule has 0 radical (unpaired) electrons. The number of nitrogens with one attached hydrogen (secondary N) is 1. The number of nitrogens with two attached hydrogens (primary N) is 1. The van der Waals surface area contributed by atoms with Crippen LogP contribution in [0.25, 0.3) is 11.0 Å². The number of nitrogens with zero attached hydrogens (tertiary/aromatic N) is 5. The molecule has 1 saturated heterocycles. The second kappa shape index (κ2) is 9.67. The molecule has 5 rings (SSSR count). The lowest BCUT2D eigenvalue weighted by Gasteiger charge is -2.35. The number of halogens is 2. The number of fused-ring (bicyclic) bond motifs is 1. The molecule has 0 aliphatic carbocycles. The fourth-order valence-electron chi connectivity index (χ4n) is 4.33. The van der Waals surface area contributed by atoms with Crippen molar-refractivity contribution in [3.05, 3.63) is 78.1 Å². The van der Waals surface area contributed by atoms with Gasteiger partial charge in [0.15, 0.2) is 0 Å². The van der Waals surface area contributed by atoms with Crippen molar-refractivity contribution in [3.63, 3.8) is 0 Å². The van der Waals surface area contributed by atoms with Gasteiger partial charge in [0, 0.05) is 67.9 Å². The van der Waals surface area contributed by atoms with E-state index in [1.165, 1.54) is 12.1 Å². The Morgan fingerprint density at radius 2 is 1.71 bits per heavy atom. The van der Waals surface area contributed by atoms with Crippen molar-refractivity contribution >= 4 is 34.3 Å². The van der Waals surface area contributed by atoms with Crippen LogP contribution in [0.4, 0.5) is 26.1 Å². The highest BCUT2D eigenvalue weighted by Crippen LogP contribution is 2.23. The largest absolute Gasteiger partial charge is 0.369 e. The number of primary amides is 1. The van der Waals surface area contributed by atoms with Gasteiger partial charge in [-0.15, -0.1) is 0 Å². The SMILES string of the molecule is NC(=O)CN1CCN(c2ccc(Nc3ncc4ccn(Cc5cc(F)cc(F)c5)c4n3)cc2)CC1. The number of anilines is 3. The molecule has 4 aromatic rings. The molecule has 3 N–H and O–H groups in total. The Labute approximate surface area is 201 Å². The summed E-state index contributed by atoms with van der Waals surface area (Å²) >= 11 is 0. The third-order valence-electron chi connectivity index (χ3n) is 6.02. The Hall–Kier alpha value is -4.05. The number of hydrogen-bond donors (Lipinski definition) is 2. The minimum atomic E-state index is -0.607. The van der Waals surface area contributed by atoms with Crippen LogP contribution in [0.15, 0.2) is 60.9 Å². The van der Waals surface area contributed by atoms with Gasteiger partial charge in [0.25, 0.3) is 0 Å². The van der Waals surface area contributed by atoms with Crippen LogP contribution >= 0.6 is 0 Å². The first-order chi connectivity index (χ1) is 16.9. The van der Waals surface area contributed by atoms with Crippen molar-refractivity contribution in [2.24, 2.45) is 5.73 Å². The van der Waals surface area contributed by atoms with Crippen LogP contribution in [-0.2, 0) is 11.3 Å². The van der Waals surface area contributed by atoms with E-state index in [2.05, 4.69) is 25.1 Å². The van der Waals surface area contributed by atoms with E-state index in [4.69, 9.17) is 5.73 Å². The number of benzene rings is 2. The number of amides is 1. The maximum Gasteiger partial charge on any atom is 0.231 e. The number of hydrogen-bond acceptors (Lipinski definition) is 6. The molecule has 8 nitrogen and oxygen atoms in total. The lowest BCUT2D eigenvalue weighted by molar-refractivity contribution is -0.119. The van der Waals surface area contributed by atoms with Crippen LogP contribution in [0.3, 0.4) is 0 Å². The molecule has 0 saturated carbocycles. The second-order valence-electron chi connectivity index (χ2n) is 8.60. The van der Waals surface area contributed by atoms with E-state index >= 15 is 0 Å². The molecule has 1 aliphatic heterocycles. The first-order valence-electron chi connectivity index (χ1n) is 11.3. The Balaban J connectivity index is 1.26. The van der Waals surface area contributed by atoms with E-state index in [0.717, 1.165) is 49.0 Å². The first-order valence-corrected chi connectivity index (χ1v) is 11.3. The number of rotatable bonds is 7. The quantitative estimate of drug-likeness (QED) is 0.425. The normalized spacial score (nSPS) is 14.4. The van der Waals surface area contributed by atoms with Crippen LogP contribution in [0.1, 0.15) is 5.56 Å². The molecular weight excluding hydrogens is 452 g/mol. The van der Waals surface area contributed by atoms with Crippen molar-refractivity contribution in [1.29, 1.82) is 0 Å². The molecule has 2 aromatic carbocycles. The average Bonchev–Trinajstić information content (AvgIpc) is 3.21. The van der Waals surface area contributed by atoms with Gasteiger partial charge >= 0.3 is 0 Å². The maximum atomic E-state index is 13.6. The molecule has 0 spiro atoms. The van der Waals surface area contributed by atoms with Crippen LogP contribution in [-0.4, -0.2) is 58.1 Å². The Morgan fingerprint density at radius 3 is 2.40 bits per heavy atom. The van der Waals surface area contributed by atoms with Gasteiger partial charge in [0.2, 0.25) is 11.9 Å². The number of carbonyl (C=O) groups excluding carboxylic acids is 1. The van der Waals surface area contributed by atoms with Gasteiger partial charge in [0.05, 0.1) is 6.54 Å². The van der Waals surface area contributed by atoms with Gasteiger partial charge in [-0.05, 0) is 48.0 Å². The monoisotopic (exact) mass is 477 g/mol. The van der Waals surface area contributed by atoms with Crippen molar-refractivity contribution in [3.8, 4) is 0 Å². The molecule has 2 aromatic heterocycles. The lowest BCUT2D eigenvalue weighted by atomic mass is 10.2. The predicted molar refractivity (Wildman–Crippen MR) is 131 cm³/mol. The van der Waals surface area contributed by atoms with Crippen LogP contribution < -0.4 is 16.0 Å². The summed E-state index contributed by atoms with van der Waals surface area (Å²) in [7, 11) is 0. The highest BCUT2D eigenvalue weighted by molar-refractivity contribution is 5.77. The smallest absolute Gasteiger partial charge is 0.231 e. The summed E-state index contributed by atoms with van der Waals surface area (Å²) in [6, 6.07) is 13.4. The predicted octanol–water partition coefficient (Wildman–Crippen LogP) is 3.11. The molecule has 1 fully saturated rings. The van der Waals surface area contributed by atoms with Crippen molar-refractivity contribution < 1.29 is 13.6 Å². The number of carbonyl (C=O) groups is 1. The standard InChI is InChI=1S/C25H25F2N7O/c26-19-11-17(12-20(27)13-19)15-34-6-5-18-14-29-25(31-24(18)34)30-21-1-3-22(4-2-21)33-9-7-32(8-10-33)16-23(28)35/h1-6,11-14H,7-10,15-16H2,(H2,28,35)(H,29,30,31). The zero-order valence-electron chi connectivity index (χ0n) is 19.0. The zero-order valence-corrected chi connectivity index (χ0v) is 19.0. The van der Waals surface area contributed by atoms with Crippen LogP contribution in [0, 0.1) is 11.6 Å². The third kappa shape index (κ3) is 5.38. The number of piperazine rings is 1. The Morgan fingerprint density at radius 1 is 1.00 bits per heavy atom. The van der Waals surface area contributed by atoms with E-state index in [-0.39, 0.29) is 12.5 Å². The van der Waals surface area contributed by atoms with Crippen LogP contribution in [0.5, 0.6) is 0 Å². The fraction of sp³-hybridized carbons (Fsp3) is 0.240. The van der Waals surface area contributed by atoms with Gasteiger partial charge < -0.3 is 20.5 Å². The van der Waals surface area contributed by atoms with Gasteiger partial charge in [-0.2, -0.15) is 4.98 Å². The van der Waals surface area contributed by atoms with E-state index in [0.29, 0.717) is 23.7 Å². The molecule has 180 valence electrons. The van der Waals surface area contributed by atoms with Crippen molar-refractivity contribution in [2.45, 2.75) is 6.54 Å². The van der Waals surface area contributed by atoms with E-state index in [1.807, 2.05) is 41.1 Å². The molecule has 0 atom stereocenters. The topological polar surface area (TPSA) is 92.3 Å². The van der Waals surface area contributed by atoms with E-state index < -0.39 is 11.6 Å². The molecule has 1 aliphatic rings. The molecule has 3 heterocycles. The summed E-state index contributed by atoms with van der Waals surface area (Å²) in [5.74, 6) is -1.09. The molecule has 35 heavy (non-hydrogen) atoms. The van der Waals surface area contributed by atoms with E-state index in [1.54, 1.807) is 6.20 Å². The van der Waals surface area contributed by atoms with Gasteiger partial charge in [-0.3, -0.25) is 9.69 Å². The average molecular weight is 478 g/mol. The summed E-state index contributed by atoms with van der Waals surface area (Å²) in [6.07, 6.45) is 3.54. The van der Waals surface area contributed by atoms with E-state index in [9.17, 15) is 13.6 Å². The van der Waals surface area contributed by atoms with Gasteiger partial charge in [0.1, 0.15) is 17.3 Å². The fourth-order valence-corrected chi connectivity index (χ4v) is 4.33. The minimum Gasteiger partial charge on any atom is -0.369 e. The zero-order chi connectivity index (χ0) is 24.4. The summed E-state index contributed by atoms with van der Waals surface area (Å²) in [6.45, 7) is 3.81. The summed E-state index contributed by atoms with van der Waals surface area (Å²) < 4.78 is 29.0. The number of aromatic nitrogens is 3.